The van der Waals surface area contributed by atoms with Crippen molar-refractivity contribution in [2.24, 2.45) is 10.7 Å². The fourth-order valence-electron chi connectivity index (χ4n) is 5.03. The average Bonchev–Trinajstić information content (AvgIpc) is 3.06. The number of hydrogen-bond acceptors (Lipinski definition) is 1. The van der Waals surface area contributed by atoms with E-state index in [1.807, 2.05) is 48.5 Å². The second kappa shape index (κ2) is 11.7. The lowest BCUT2D eigenvalue weighted by atomic mass is 9.95. The molecular weight excluding hydrogens is 496 g/mol. The van der Waals surface area contributed by atoms with Gasteiger partial charge >= 0.3 is 0 Å². The molecule has 0 fully saturated rings. The Hall–Kier alpha value is -5.47. The summed E-state index contributed by atoms with van der Waals surface area (Å²) in [7, 11) is 0. The molecule has 2 heteroatoms. The lowest BCUT2D eigenvalue weighted by Gasteiger charge is -2.13. The molecule has 2 nitrogen and oxygen atoms in total. The van der Waals surface area contributed by atoms with Crippen molar-refractivity contribution in [1.82, 2.24) is 0 Å². The van der Waals surface area contributed by atoms with Crippen LogP contribution in [0.5, 0.6) is 0 Å². The van der Waals surface area contributed by atoms with Crippen LogP contribution in [0, 0.1) is 0 Å². The molecule has 0 unspecified atom stereocenters. The van der Waals surface area contributed by atoms with Crippen molar-refractivity contribution in [2.75, 3.05) is 0 Å². The number of amidine groups is 1. The SMILES string of the molecule is C=C(N=C(N)c1cc(-c2ccccc2)cc(-c2ccccc2)c1)c1cc(-c2ccccc2)cc(-c2ccccc2)c1. The molecule has 41 heavy (non-hydrogen) atoms. The molecule has 0 aliphatic carbocycles. The maximum Gasteiger partial charge on any atom is 0.131 e. The Labute approximate surface area is 241 Å². The normalized spacial score (nSPS) is 11.3. The first-order valence-electron chi connectivity index (χ1n) is 13.7. The van der Waals surface area contributed by atoms with Gasteiger partial charge in [0.2, 0.25) is 0 Å². The van der Waals surface area contributed by atoms with E-state index >= 15 is 0 Å². The van der Waals surface area contributed by atoms with Gasteiger partial charge in [-0.25, -0.2) is 4.99 Å². The number of nitrogens with zero attached hydrogens (tertiary/aromatic N) is 1. The summed E-state index contributed by atoms with van der Waals surface area (Å²) in [6.07, 6.45) is 0. The summed E-state index contributed by atoms with van der Waals surface area (Å²) in [4.78, 5) is 4.86. The van der Waals surface area contributed by atoms with Gasteiger partial charge in [-0.05, 0) is 80.9 Å². The lowest BCUT2D eigenvalue weighted by molar-refractivity contribution is 1.45. The zero-order valence-electron chi connectivity index (χ0n) is 22.7. The van der Waals surface area contributed by atoms with E-state index in [0.29, 0.717) is 11.5 Å². The van der Waals surface area contributed by atoms with Gasteiger partial charge in [-0.2, -0.15) is 0 Å². The summed E-state index contributed by atoms with van der Waals surface area (Å²) >= 11 is 0. The van der Waals surface area contributed by atoms with Crippen LogP contribution in [0.25, 0.3) is 50.2 Å². The molecule has 0 saturated carbocycles. The van der Waals surface area contributed by atoms with Crippen molar-refractivity contribution < 1.29 is 0 Å². The third-order valence-electron chi connectivity index (χ3n) is 7.18. The summed E-state index contributed by atoms with van der Waals surface area (Å²) in [6.45, 7) is 4.35. The van der Waals surface area contributed by atoms with Gasteiger partial charge in [-0.15, -0.1) is 0 Å². The molecule has 0 radical (unpaired) electrons. The van der Waals surface area contributed by atoms with Gasteiger partial charge in [0.15, 0.2) is 0 Å². The van der Waals surface area contributed by atoms with Crippen LogP contribution >= 0.6 is 0 Å². The number of hydrogen-bond donors (Lipinski definition) is 1. The zero-order chi connectivity index (χ0) is 28.0. The first kappa shape index (κ1) is 25.8. The summed E-state index contributed by atoms with van der Waals surface area (Å²) in [5.74, 6) is 0.427. The number of rotatable bonds is 7. The monoisotopic (exact) mass is 526 g/mol. The predicted octanol–water partition coefficient (Wildman–Crippen LogP) is 9.73. The van der Waals surface area contributed by atoms with E-state index in [0.717, 1.165) is 55.6 Å². The van der Waals surface area contributed by atoms with Crippen molar-refractivity contribution >= 4 is 11.5 Å². The van der Waals surface area contributed by atoms with Crippen LogP contribution in [0.2, 0.25) is 0 Å². The molecule has 196 valence electrons. The minimum atomic E-state index is 0.427. The van der Waals surface area contributed by atoms with Crippen molar-refractivity contribution in [2.45, 2.75) is 0 Å². The standard InChI is InChI=1S/C39H30N2/c1-28(33-22-34(29-14-6-2-7-15-29)24-35(23-33)30-16-8-3-9-17-30)41-39(40)38-26-36(31-18-10-4-11-19-31)25-37(27-38)32-20-12-5-13-21-32/h2-27H,1H2,(H2,40,41). The van der Waals surface area contributed by atoms with Gasteiger partial charge in [0.1, 0.15) is 5.84 Å². The van der Waals surface area contributed by atoms with Crippen LogP contribution in [0.3, 0.4) is 0 Å². The van der Waals surface area contributed by atoms with Crippen molar-refractivity contribution in [3.8, 4) is 44.5 Å². The Bertz CT molecular complexity index is 1710. The van der Waals surface area contributed by atoms with Crippen molar-refractivity contribution in [3.05, 3.63) is 175 Å². The minimum Gasteiger partial charge on any atom is -0.383 e. The molecule has 6 rings (SSSR count). The second-order valence-electron chi connectivity index (χ2n) is 10.0. The molecule has 0 aromatic heterocycles. The molecule has 0 aliphatic rings. The molecule has 0 atom stereocenters. The molecule has 0 aliphatic heterocycles. The lowest BCUT2D eigenvalue weighted by Crippen LogP contribution is -2.13. The maximum absolute atomic E-state index is 6.71. The van der Waals surface area contributed by atoms with E-state index in [9.17, 15) is 0 Å². The van der Waals surface area contributed by atoms with E-state index in [1.165, 1.54) is 0 Å². The van der Waals surface area contributed by atoms with Crippen molar-refractivity contribution in [1.29, 1.82) is 0 Å². The van der Waals surface area contributed by atoms with Crippen LogP contribution in [-0.2, 0) is 0 Å². The Balaban J connectivity index is 1.43. The highest BCUT2D eigenvalue weighted by Gasteiger charge is 2.11. The topological polar surface area (TPSA) is 38.4 Å². The second-order valence-corrected chi connectivity index (χ2v) is 10.0. The zero-order valence-corrected chi connectivity index (χ0v) is 22.7. The molecule has 0 heterocycles. The third kappa shape index (κ3) is 5.93. The molecular formula is C39H30N2. The van der Waals surface area contributed by atoms with E-state index in [4.69, 9.17) is 10.7 Å². The van der Waals surface area contributed by atoms with E-state index < -0.39 is 0 Å². The first-order valence-corrected chi connectivity index (χ1v) is 13.7. The smallest absolute Gasteiger partial charge is 0.131 e. The fourth-order valence-corrected chi connectivity index (χ4v) is 5.03. The molecule has 0 spiro atoms. The fraction of sp³-hybridized carbons (Fsp3) is 0. The molecule has 0 bridgehead atoms. The Morgan fingerprint density at radius 3 is 1.00 bits per heavy atom. The van der Waals surface area contributed by atoms with Gasteiger partial charge in [-0.1, -0.05) is 128 Å². The van der Waals surface area contributed by atoms with Crippen molar-refractivity contribution in [3.63, 3.8) is 0 Å². The largest absolute Gasteiger partial charge is 0.383 e. The Morgan fingerprint density at radius 1 is 0.390 bits per heavy atom. The predicted molar refractivity (Wildman–Crippen MR) is 174 cm³/mol. The molecule has 2 N–H and O–H groups in total. The first-order chi connectivity index (χ1) is 20.1. The van der Waals surface area contributed by atoms with Gasteiger partial charge in [0, 0.05) is 11.1 Å². The Kier molecular flexibility index (Phi) is 7.38. The van der Waals surface area contributed by atoms with E-state index in [-0.39, 0.29) is 0 Å². The van der Waals surface area contributed by atoms with E-state index in [2.05, 4.69) is 116 Å². The molecule has 6 aromatic rings. The summed E-state index contributed by atoms with van der Waals surface area (Å²) < 4.78 is 0. The molecule has 0 saturated heterocycles. The van der Waals surface area contributed by atoms with Gasteiger partial charge in [0.25, 0.3) is 0 Å². The minimum absolute atomic E-state index is 0.427. The number of aliphatic imine (C=N–C) groups is 1. The highest BCUT2D eigenvalue weighted by molar-refractivity contribution is 6.02. The van der Waals surface area contributed by atoms with Gasteiger partial charge < -0.3 is 5.73 Å². The average molecular weight is 527 g/mol. The molecule has 6 aromatic carbocycles. The highest BCUT2D eigenvalue weighted by atomic mass is 14.9. The quantitative estimate of drug-likeness (QED) is 0.163. The van der Waals surface area contributed by atoms with Gasteiger partial charge in [-0.3, -0.25) is 0 Å². The van der Waals surface area contributed by atoms with Crippen LogP contribution in [0.4, 0.5) is 0 Å². The summed E-state index contributed by atoms with van der Waals surface area (Å²) in [6, 6.07) is 54.3. The van der Waals surface area contributed by atoms with Crippen LogP contribution in [-0.4, -0.2) is 5.84 Å². The van der Waals surface area contributed by atoms with Crippen LogP contribution in [0.1, 0.15) is 11.1 Å². The number of benzene rings is 6. The maximum atomic E-state index is 6.71. The summed E-state index contributed by atoms with van der Waals surface area (Å²) in [5, 5.41) is 0. The number of nitrogens with two attached hydrogens (primary N) is 1. The van der Waals surface area contributed by atoms with E-state index in [1.54, 1.807) is 0 Å². The van der Waals surface area contributed by atoms with Crippen LogP contribution in [0.15, 0.2) is 169 Å². The molecule has 0 amide bonds. The van der Waals surface area contributed by atoms with Crippen LogP contribution < -0.4 is 5.73 Å². The highest BCUT2D eigenvalue weighted by Crippen LogP contribution is 2.32. The summed E-state index contributed by atoms with van der Waals surface area (Å²) in [5.41, 5.74) is 18.0. The van der Waals surface area contributed by atoms with Gasteiger partial charge in [0.05, 0.1) is 5.70 Å². The third-order valence-corrected chi connectivity index (χ3v) is 7.18. The Morgan fingerprint density at radius 2 is 0.683 bits per heavy atom.